The highest BCUT2D eigenvalue weighted by atomic mass is 16.3. The van der Waals surface area contributed by atoms with Gasteiger partial charge in [-0.25, -0.2) is 4.99 Å². The van der Waals surface area contributed by atoms with E-state index in [1.54, 1.807) is 12.1 Å². The van der Waals surface area contributed by atoms with Crippen LogP contribution in [-0.4, -0.2) is 48.5 Å². The molecule has 4 N–H and O–H groups in total. The number of carbonyl (C=O) groups excluding carboxylic acids is 1. The van der Waals surface area contributed by atoms with Gasteiger partial charge in [0.15, 0.2) is 11.7 Å². The van der Waals surface area contributed by atoms with Gasteiger partial charge in [-0.2, -0.15) is 0 Å². The fourth-order valence-electron chi connectivity index (χ4n) is 3.01. The lowest BCUT2D eigenvalue weighted by molar-refractivity contribution is 0.0971. The summed E-state index contributed by atoms with van der Waals surface area (Å²) >= 11 is 0. The van der Waals surface area contributed by atoms with Crippen LogP contribution in [0, 0.1) is 0 Å². The van der Waals surface area contributed by atoms with E-state index in [9.17, 15) is 4.79 Å². The molecule has 7 heteroatoms. The Hall–Kier alpha value is -2.02. The molecule has 1 aromatic heterocycles. The average molecular weight is 349 g/mol. The van der Waals surface area contributed by atoms with Crippen LogP contribution in [0.3, 0.4) is 0 Å². The Labute approximate surface area is 150 Å². The monoisotopic (exact) mass is 349 g/mol. The smallest absolute Gasteiger partial charge is 0.284 e. The number of piperidine rings is 1. The lowest BCUT2D eigenvalue weighted by Gasteiger charge is -2.41. The molecular formula is C18H31N5O2. The van der Waals surface area contributed by atoms with Gasteiger partial charge in [-0.1, -0.05) is 6.42 Å². The van der Waals surface area contributed by atoms with Crippen LogP contribution in [0.4, 0.5) is 0 Å². The Bertz CT molecular complexity index is 588. The van der Waals surface area contributed by atoms with Crippen LogP contribution in [0.5, 0.6) is 0 Å². The van der Waals surface area contributed by atoms with Crippen LogP contribution in [0.25, 0.3) is 0 Å². The van der Waals surface area contributed by atoms with E-state index in [-0.39, 0.29) is 11.3 Å². The van der Waals surface area contributed by atoms with Gasteiger partial charge in [0.1, 0.15) is 12.3 Å². The van der Waals surface area contributed by atoms with E-state index in [4.69, 9.17) is 10.2 Å². The third kappa shape index (κ3) is 5.77. The number of carbonyl (C=O) groups is 1. The third-order valence-corrected chi connectivity index (χ3v) is 4.54. The number of likely N-dealkylation sites (tertiary alicyclic amines) is 1. The summed E-state index contributed by atoms with van der Waals surface area (Å²) in [5, 5.41) is 6.67. The Kier molecular flexibility index (Phi) is 6.87. The molecule has 1 aliphatic heterocycles. The number of nitrogens with one attached hydrogen (secondary N) is 2. The SMILES string of the molecule is CCNC(=NCc1ccc(C(N)=O)o1)NCC(C)(C)N1CCCCC1. The highest BCUT2D eigenvalue weighted by molar-refractivity contribution is 5.89. The second-order valence-electron chi connectivity index (χ2n) is 7.04. The number of primary amides is 1. The van der Waals surface area contributed by atoms with Crippen molar-refractivity contribution >= 4 is 11.9 Å². The number of furan rings is 1. The minimum Gasteiger partial charge on any atom is -0.454 e. The van der Waals surface area contributed by atoms with Gasteiger partial charge < -0.3 is 20.8 Å². The second-order valence-corrected chi connectivity index (χ2v) is 7.04. The molecule has 2 heterocycles. The molecule has 7 nitrogen and oxygen atoms in total. The molecule has 2 rings (SSSR count). The summed E-state index contributed by atoms with van der Waals surface area (Å²) in [5.41, 5.74) is 5.27. The highest BCUT2D eigenvalue weighted by Crippen LogP contribution is 2.19. The number of guanidine groups is 1. The first-order valence-electron chi connectivity index (χ1n) is 9.08. The standard InChI is InChI=1S/C18H31N5O2/c1-4-20-17(21-12-14-8-9-15(25-14)16(19)24)22-13-18(2,3)23-10-6-5-7-11-23/h8-9H,4-7,10-13H2,1-3H3,(H2,19,24)(H2,20,21,22). The largest absolute Gasteiger partial charge is 0.454 e. The Morgan fingerprint density at radius 1 is 1.28 bits per heavy atom. The van der Waals surface area contributed by atoms with E-state index in [0.717, 1.165) is 32.1 Å². The summed E-state index contributed by atoms with van der Waals surface area (Å²) in [7, 11) is 0. The number of hydrogen-bond acceptors (Lipinski definition) is 4. The molecule has 0 atom stereocenters. The van der Waals surface area contributed by atoms with Crippen LogP contribution >= 0.6 is 0 Å². The van der Waals surface area contributed by atoms with Gasteiger partial charge in [-0.3, -0.25) is 9.69 Å². The highest BCUT2D eigenvalue weighted by Gasteiger charge is 2.27. The summed E-state index contributed by atoms with van der Waals surface area (Å²) in [4.78, 5) is 18.2. The zero-order chi connectivity index (χ0) is 18.3. The van der Waals surface area contributed by atoms with Crippen molar-refractivity contribution in [3.8, 4) is 0 Å². The van der Waals surface area contributed by atoms with E-state index >= 15 is 0 Å². The third-order valence-electron chi connectivity index (χ3n) is 4.54. The predicted octanol–water partition coefficient (Wildman–Crippen LogP) is 1.70. The van der Waals surface area contributed by atoms with Crippen LogP contribution in [0.2, 0.25) is 0 Å². The first kappa shape index (κ1) is 19.3. The van der Waals surface area contributed by atoms with Crippen molar-refractivity contribution in [3.63, 3.8) is 0 Å². The number of rotatable bonds is 7. The van der Waals surface area contributed by atoms with Gasteiger partial charge in [-0.05, 0) is 58.8 Å². The summed E-state index contributed by atoms with van der Waals surface area (Å²) in [6.07, 6.45) is 3.89. The zero-order valence-electron chi connectivity index (χ0n) is 15.6. The molecule has 0 unspecified atom stereocenters. The molecule has 0 bridgehead atoms. The summed E-state index contributed by atoms with van der Waals surface area (Å²) in [5.74, 6) is 0.948. The van der Waals surface area contributed by atoms with Crippen LogP contribution in [0.15, 0.2) is 21.5 Å². The number of hydrogen-bond donors (Lipinski definition) is 3. The summed E-state index contributed by atoms with van der Waals surface area (Å²) in [6, 6.07) is 3.30. The average Bonchev–Trinajstić information content (AvgIpc) is 3.07. The van der Waals surface area contributed by atoms with E-state index in [1.807, 2.05) is 6.92 Å². The molecule has 1 aromatic rings. The maximum absolute atomic E-state index is 11.1. The number of nitrogens with two attached hydrogens (primary N) is 1. The molecule has 25 heavy (non-hydrogen) atoms. The summed E-state index contributed by atoms with van der Waals surface area (Å²) in [6.45, 7) is 10.8. The molecule has 1 saturated heterocycles. The van der Waals surface area contributed by atoms with Crippen molar-refractivity contribution in [3.05, 3.63) is 23.7 Å². The maximum Gasteiger partial charge on any atom is 0.284 e. The van der Waals surface area contributed by atoms with Crippen LogP contribution < -0.4 is 16.4 Å². The van der Waals surface area contributed by atoms with E-state index in [2.05, 4.69) is 34.4 Å². The lowest BCUT2D eigenvalue weighted by atomic mass is 9.98. The lowest BCUT2D eigenvalue weighted by Crippen LogP contribution is -2.54. The fourth-order valence-corrected chi connectivity index (χ4v) is 3.01. The number of nitrogens with zero attached hydrogens (tertiary/aromatic N) is 2. The minimum absolute atomic E-state index is 0.0699. The molecule has 140 valence electrons. The van der Waals surface area contributed by atoms with Crippen molar-refractivity contribution in [1.82, 2.24) is 15.5 Å². The van der Waals surface area contributed by atoms with Gasteiger partial charge in [0, 0.05) is 18.6 Å². The predicted molar refractivity (Wildman–Crippen MR) is 99.5 cm³/mol. The van der Waals surface area contributed by atoms with Crippen LogP contribution in [-0.2, 0) is 6.54 Å². The molecule has 1 aliphatic rings. The quantitative estimate of drug-likeness (QED) is 0.514. The van der Waals surface area contributed by atoms with Gasteiger partial charge in [0.2, 0.25) is 0 Å². The van der Waals surface area contributed by atoms with Crippen LogP contribution in [0.1, 0.15) is 56.3 Å². The Morgan fingerprint density at radius 2 is 2.00 bits per heavy atom. The maximum atomic E-state index is 11.1. The van der Waals surface area contributed by atoms with E-state index < -0.39 is 5.91 Å². The number of amides is 1. The fraction of sp³-hybridized carbons (Fsp3) is 0.667. The Morgan fingerprint density at radius 3 is 2.60 bits per heavy atom. The molecule has 0 saturated carbocycles. The van der Waals surface area contributed by atoms with Crippen molar-refractivity contribution in [2.45, 2.75) is 52.1 Å². The zero-order valence-corrected chi connectivity index (χ0v) is 15.6. The van der Waals surface area contributed by atoms with Gasteiger partial charge in [0.05, 0.1) is 0 Å². The normalized spacial score (nSPS) is 16.7. The van der Waals surface area contributed by atoms with Crippen molar-refractivity contribution in [2.75, 3.05) is 26.2 Å². The van der Waals surface area contributed by atoms with E-state index in [0.29, 0.717) is 12.3 Å². The van der Waals surface area contributed by atoms with Crippen molar-refractivity contribution < 1.29 is 9.21 Å². The molecule has 0 aliphatic carbocycles. The molecule has 0 radical (unpaired) electrons. The van der Waals surface area contributed by atoms with Crippen molar-refractivity contribution in [1.29, 1.82) is 0 Å². The first-order chi connectivity index (χ1) is 11.9. The molecular weight excluding hydrogens is 318 g/mol. The van der Waals surface area contributed by atoms with E-state index in [1.165, 1.54) is 19.3 Å². The molecule has 1 fully saturated rings. The Balaban J connectivity index is 1.93. The molecule has 0 spiro atoms. The van der Waals surface area contributed by atoms with Gasteiger partial charge in [0.25, 0.3) is 5.91 Å². The van der Waals surface area contributed by atoms with Gasteiger partial charge >= 0.3 is 0 Å². The second kappa shape index (κ2) is 8.89. The molecule has 0 aromatic carbocycles. The summed E-state index contributed by atoms with van der Waals surface area (Å²) < 4.78 is 5.37. The van der Waals surface area contributed by atoms with Crippen molar-refractivity contribution in [2.24, 2.45) is 10.7 Å². The number of aliphatic imine (C=N–C) groups is 1. The minimum atomic E-state index is -0.566. The first-order valence-corrected chi connectivity index (χ1v) is 9.08. The van der Waals surface area contributed by atoms with Gasteiger partial charge in [-0.15, -0.1) is 0 Å². The molecule has 1 amide bonds. The topological polar surface area (TPSA) is 95.9 Å².